The molecule has 2 aromatic rings. The van der Waals surface area contributed by atoms with Gasteiger partial charge in [-0.1, -0.05) is 36.4 Å². The van der Waals surface area contributed by atoms with Crippen LogP contribution in [-0.2, 0) is 6.42 Å². The molecule has 88 valence electrons. The lowest BCUT2D eigenvalue weighted by molar-refractivity contribution is 0.207. The van der Waals surface area contributed by atoms with Crippen molar-refractivity contribution in [2.24, 2.45) is 0 Å². The molecule has 2 heteroatoms. The van der Waals surface area contributed by atoms with Gasteiger partial charge in [0.05, 0.1) is 5.56 Å². The minimum absolute atomic E-state index is 0.0794. The Morgan fingerprint density at radius 2 is 1.83 bits per heavy atom. The van der Waals surface area contributed by atoms with E-state index in [0.717, 1.165) is 12.8 Å². The molecule has 1 aliphatic rings. The number of para-hydroxylation sites is 1. The van der Waals surface area contributed by atoms with Gasteiger partial charge in [-0.25, -0.2) is 0 Å². The number of aryl methyl sites for hydroxylation is 1. The molecule has 2 nitrogen and oxygen atoms in total. The molecule has 0 N–H and O–H groups in total. The second-order valence-corrected chi connectivity index (χ2v) is 4.45. The van der Waals surface area contributed by atoms with Crippen molar-refractivity contribution in [3.8, 4) is 11.8 Å². The fraction of sp³-hybridized carbons (Fsp3) is 0.188. The number of hydrogen-bond acceptors (Lipinski definition) is 2. The van der Waals surface area contributed by atoms with Crippen LogP contribution in [0, 0.1) is 11.3 Å². The highest BCUT2D eigenvalue weighted by Gasteiger charge is 2.24. The van der Waals surface area contributed by atoms with Gasteiger partial charge in [0.1, 0.15) is 17.9 Å². The van der Waals surface area contributed by atoms with Crippen molar-refractivity contribution in [1.82, 2.24) is 0 Å². The molecule has 0 aromatic heterocycles. The Labute approximate surface area is 106 Å². The monoisotopic (exact) mass is 235 g/mol. The number of ether oxygens (including phenoxy) is 1. The molecule has 0 saturated carbocycles. The molecular weight excluding hydrogens is 222 g/mol. The summed E-state index contributed by atoms with van der Waals surface area (Å²) >= 11 is 0. The standard InChI is InChI=1S/C16H13NO/c17-11-13-6-2-4-8-15(13)18-16-10-9-12-5-1-3-7-14(12)16/h1-8,16H,9-10H2/t16-/m0/s1. The van der Waals surface area contributed by atoms with Crippen LogP contribution in [0.2, 0.25) is 0 Å². The summed E-state index contributed by atoms with van der Waals surface area (Å²) in [5.74, 6) is 0.682. The zero-order chi connectivity index (χ0) is 12.4. The van der Waals surface area contributed by atoms with Gasteiger partial charge < -0.3 is 4.74 Å². The summed E-state index contributed by atoms with van der Waals surface area (Å²) < 4.78 is 6.00. The van der Waals surface area contributed by atoms with Crippen molar-refractivity contribution < 1.29 is 4.74 Å². The summed E-state index contributed by atoms with van der Waals surface area (Å²) in [6.45, 7) is 0. The molecule has 0 spiro atoms. The lowest BCUT2D eigenvalue weighted by Crippen LogP contribution is -2.04. The summed E-state index contributed by atoms with van der Waals surface area (Å²) in [6, 6.07) is 17.9. The SMILES string of the molecule is N#Cc1ccccc1O[C@H]1CCc2ccccc21. The second-order valence-electron chi connectivity index (χ2n) is 4.45. The summed E-state index contributed by atoms with van der Waals surface area (Å²) in [7, 11) is 0. The molecule has 18 heavy (non-hydrogen) atoms. The third-order valence-electron chi connectivity index (χ3n) is 3.35. The molecule has 0 heterocycles. The van der Waals surface area contributed by atoms with Crippen LogP contribution in [0.4, 0.5) is 0 Å². The van der Waals surface area contributed by atoms with Gasteiger partial charge in [-0.2, -0.15) is 5.26 Å². The van der Waals surface area contributed by atoms with Gasteiger partial charge in [-0.15, -0.1) is 0 Å². The third kappa shape index (κ3) is 1.84. The minimum Gasteiger partial charge on any atom is -0.484 e. The van der Waals surface area contributed by atoms with Crippen LogP contribution < -0.4 is 4.74 Å². The lowest BCUT2D eigenvalue weighted by atomic mass is 10.1. The summed E-state index contributed by atoms with van der Waals surface area (Å²) in [4.78, 5) is 0. The Morgan fingerprint density at radius 1 is 1.06 bits per heavy atom. The summed E-state index contributed by atoms with van der Waals surface area (Å²) in [6.07, 6.45) is 2.12. The van der Waals surface area contributed by atoms with Gasteiger partial charge in [0.25, 0.3) is 0 Å². The third-order valence-corrected chi connectivity index (χ3v) is 3.35. The van der Waals surface area contributed by atoms with E-state index in [9.17, 15) is 0 Å². The van der Waals surface area contributed by atoms with Crippen molar-refractivity contribution in [2.45, 2.75) is 18.9 Å². The molecule has 0 aliphatic heterocycles. The van der Waals surface area contributed by atoms with E-state index < -0.39 is 0 Å². The first-order valence-electron chi connectivity index (χ1n) is 6.12. The molecule has 0 bridgehead atoms. The first kappa shape index (κ1) is 10.9. The van der Waals surface area contributed by atoms with E-state index in [-0.39, 0.29) is 6.10 Å². The molecular formula is C16H13NO. The Bertz CT molecular complexity index is 612. The van der Waals surface area contributed by atoms with Crippen molar-refractivity contribution in [2.75, 3.05) is 0 Å². The lowest BCUT2D eigenvalue weighted by Gasteiger charge is -2.15. The van der Waals surface area contributed by atoms with Gasteiger partial charge in [0.2, 0.25) is 0 Å². The number of nitriles is 1. The van der Waals surface area contributed by atoms with E-state index >= 15 is 0 Å². The van der Waals surface area contributed by atoms with Crippen molar-refractivity contribution in [3.63, 3.8) is 0 Å². The van der Waals surface area contributed by atoms with Crippen LogP contribution in [0.5, 0.6) is 5.75 Å². The topological polar surface area (TPSA) is 33.0 Å². The first-order chi connectivity index (χ1) is 8.88. The average Bonchev–Trinajstić information content (AvgIpc) is 2.83. The first-order valence-corrected chi connectivity index (χ1v) is 6.12. The molecule has 3 rings (SSSR count). The molecule has 0 unspecified atom stereocenters. The number of benzene rings is 2. The average molecular weight is 235 g/mol. The van der Waals surface area contributed by atoms with Crippen LogP contribution in [0.3, 0.4) is 0 Å². The normalized spacial score (nSPS) is 16.9. The van der Waals surface area contributed by atoms with Crippen LogP contribution in [0.15, 0.2) is 48.5 Å². The molecule has 2 aromatic carbocycles. The zero-order valence-corrected chi connectivity index (χ0v) is 9.97. The van der Waals surface area contributed by atoms with Crippen LogP contribution in [0.1, 0.15) is 29.2 Å². The second kappa shape index (κ2) is 4.54. The van der Waals surface area contributed by atoms with Gasteiger partial charge in [0, 0.05) is 0 Å². The van der Waals surface area contributed by atoms with E-state index in [1.165, 1.54) is 11.1 Å². The quantitative estimate of drug-likeness (QED) is 0.796. The van der Waals surface area contributed by atoms with E-state index in [2.05, 4.69) is 24.3 Å². The molecule has 1 aliphatic carbocycles. The largest absolute Gasteiger partial charge is 0.484 e. The van der Waals surface area contributed by atoms with Gasteiger partial charge in [0.15, 0.2) is 0 Å². The molecule has 0 saturated heterocycles. The van der Waals surface area contributed by atoms with E-state index in [1.54, 1.807) is 6.07 Å². The highest BCUT2D eigenvalue weighted by molar-refractivity contribution is 5.43. The Kier molecular flexibility index (Phi) is 2.74. The van der Waals surface area contributed by atoms with Gasteiger partial charge in [-0.05, 0) is 36.1 Å². The molecule has 1 atom stereocenters. The summed E-state index contributed by atoms with van der Waals surface area (Å²) in [5.41, 5.74) is 3.21. The fourth-order valence-electron chi connectivity index (χ4n) is 2.46. The molecule has 0 amide bonds. The predicted molar refractivity (Wildman–Crippen MR) is 69.3 cm³/mol. The predicted octanol–water partition coefficient (Wildman–Crippen LogP) is 3.62. The number of fused-ring (bicyclic) bond motifs is 1. The smallest absolute Gasteiger partial charge is 0.137 e. The number of nitrogens with zero attached hydrogens (tertiary/aromatic N) is 1. The van der Waals surface area contributed by atoms with E-state index in [1.807, 2.05) is 24.3 Å². The highest BCUT2D eigenvalue weighted by Crippen LogP contribution is 2.35. The molecule has 0 fully saturated rings. The zero-order valence-electron chi connectivity index (χ0n) is 9.97. The maximum atomic E-state index is 9.06. The Morgan fingerprint density at radius 3 is 2.72 bits per heavy atom. The van der Waals surface area contributed by atoms with Crippen molar-refractivity contribution >= 4 is 0 Å². The number of rotatable bonds is 2. The highest BCUT2D eigenvalue weighted by atomic mass is 16.5. The summed E-state index contributed by atoms with van der Waals surface area (Å²) in [5, 5.41) is 9.06. The van der Waals surface area contributed by atoms with Crippen LogP contribution in [-0.4, -0.2) is 0 Å². The van der Waals surface area contributed by atoms with E-state index in [4.69, 9.17) is 10.00 Å². The van der Waals surface area contributed by atoms with Gasteiger partial charge >= 0.3 is 0 Å². The van der Waals surface area contributed by atoms with E-state index in [0.29, 0.717) is 11.3 Å². The van der Waals surface area contributed by atoms with Crippen LogP contribution >= 0.6 is 0 Å². The van der Waals surface area contributed by atoms with Crippen LogP contribution in [0.25, 0.3) is 0 Å². The molecule has 0 radical (unpaired) electrons. The Hall–Kier alpha value is -2.27. The minimum atomic E-state index is 0.0794. The van der Waals surface area contributed by atoms with Crippen molar-refractivity contribution in [1.29, 1.82) is 5.26 Å². The van der Waals surface area contributed by atoms with Crippen molar-refractivity contribution in [3.05, 3.63) is 65.2 Å². The fourth-order valence-corrected chi connectivity index (χ4v) is 2.46. The number of hydrogen-bond donors (Lipinski definition) is 0. The maximum Gasteiger partial charge on any atom is 0.137 e. The Balaban J connectivity index is 1.89. The van der Waals surface area contributed by atoms with Gasteiger partial charge in [-0.3, -0.25) is 0 Å². The maximum absolute atomic E-state index is 9.06.